The monoisotopic (exact) mass is 398 g/mol. The molecule has 2 aliphatic rings. The highest BCUT2D eigenvalue weighted by atomic mass is 16.6. The molecule has 0 N–H and O–H groups in total. The molecule has 6 heteroatoms. The minimum atomic E-state index is -1.55. The van der Waals surface area contributed by atoms with Crippen molar-refractivity contribution in [3.05, 3.63) is 59.7 Å². The van der Waals surface area contributed by atoms with Crippen molar-refractivity contribution in [3.63, 3.8) is 0 Å². The first kappa shape index (κ1) is 20.8. The number of esters is 3. The number of benzene rings is 1. The van der Waals surface area contributed by atoms with Crippen LogP contribution in [0.3, 0.4) is 0 Å². The van der Waals surface area contributed by atoms with Crippen molar-refractivity contribution in [2.75, 3.05) is 14.2 Å². The summed E-state index contributed by atoms with van der Waals surface area (Å²) in [5.41, 5.74) is -0.117. The summed E-state index contributed by atoms with van der Waals surface area (Å²) in [4.78, 5) is 38.1. The molecule has 0 spiro atoms. The van der Waals surface area contributed by atoms with Gasteiger partial charge in [-0.2, -0.15) is 0 Å². The van der Waals surface area contributed by atoms with Crippen LogP contribution in [0.1, 0.15) is 30.6 Å². The number of ether oxygens (including phenoxy) is 3. The highest BCUT2D eigenvalue weighted by Gasteiger charge is 2.60. The average Bonchev–Trinajstić information content (AvgIpc) is 3.09. The van der Waals surface area contributed by atoms with E-state index in [2.05, 4.69) is 0 Å². The van der Waals surface area contributed by atoms with Crippen molar-refractivity contribution in [1.29, 1.82) is 0 Å². The summed E-state index contributed by atoms with van der Waals surface area (Å²) in [6, 6.07) is 8.70. The topological polar surface area (TPSA) is 78.9 Å². The van der Waals surface area contributed by atoms with Gasteiger partial charge in [0.25, 0.3) is 0 Å². The Labute approximate surface area is 170 Å². The van der Waals surface area contributed by atoms with Crippen LogP contribution in [0.4, 0.5) is 0 Å². The lowest BCUT2D eigenvalue weighted by atomic mass is 9.69. The molecular formula is C23H26O6. The van der Waals surface area contributed by atoms with Gasteiger partial charge in [0.15, 0.2) is 5.41 Å². The van der Waals surface area contributed by atoms with Gasteiger partial charge in [-0.15, -0.1) is 0 Å². The Morgan fingerprint density at radius 3 is 2.17 bits per heavy atom. The van der Waals surface area contributed by atoms with Crippen LogP contribution in [-0.2, 0) is 23.8 Å². The van der Waals surface area contributed by atoms with E-state index < -0.39 is 35.3 Å². The Kier molecular flexibility index (Phi) is 5.91. The van der Waals surface area contributed by atoms with Crippen LogP contribution < -0.4 is 0 Å². The summed E-state index contributed by atoms with van der Waals surface area (Å²) < 4.78 is 15.7. The van der Waals surface area contributed by atoms with E-state index in [1.807, 2.05) is 32.1 Å². The minimum absolute atomic E-state index is 0.125. The summed E-state index contributed by atoms with van der Waals surface area (Å²) in [5.74, 6) is -2.20. The Morgan fingerprint density at radius 2 is 1.62 bits per heavy atom. The van der Waals surface area contributed by atoms with E-state index in [4.69, 9.17) is 14.2 Å². The van der Waals surface area contributed by atoms with Crippen molar-refractivity contribution in [1.82, 2.24) is 0 Å². The molecule has 0 saturated heterocycles. The van der Waals surface area contributed by atoms with Gasteiger partial charge >= 0.3 is 17.9 Å². The number of hydrogen-bond donors (Lipinski definition) is 0. The third kappa shape index (κ3) is 3.59. The fourth-order valence-electron chi connectivity index (χ4n) is 4.39. The number of hydrogen-bond acceptors (Lipinski definition) is 6. The number of fused-ring (bicyclic) bond motifs is 1. The number of carbonyl (C=O) groups excluding carboxylic acids is 3. The summed E-state index contributed by atoms with van der Waals surface area (Å²) in [6.07, 6.45) is 5.23. The fraction of sp³-hybridized carbons (Fsp3) is 0.435. The maximum absolute atomic E-state index is 12.8. The smallest absolute Gasteiger partial charge is 0.338 e. The summed E-state index contributed by atoms with van der Waals surface area (Å²) in [6.45, 7) is 4.03. The molecule has 1 aromatic rings. The van der Waals surface area contributed by atoms with Gasteiger partial charge in [0.2, 0.25) is 0 Å². The van der Waals surface area contributed by atoms with Gasteiger partial charge in [-0.05, 0) is 30.5 Å². The third-order valence-corrected chi connectivity index (χ3v) is 5.80. The van der Waals surface area contributed by atoms with Gasteiger partial charge in [-0.3, -0.25) is 9.59 Å². The summed E-state index contributed by atoms with van der Waals surface area (Å²) in [5, 5.41) is 0. The second kappa shape index (κ2) is 8.23. The van der Waals surface area contributed by atoms with E-state index in [9.17, 15) is 14.4 Å². The van der Waals surface area contributed by atoms with Gasteiger partial charge in [0.1, 0.15) is 6.10 Å². The van der Waals surface area contributed by atoms with E-state index in [0.717, 1.165) is 5.57 Å². The molecule has 0 unspecified atom stereocenters. The number of carbonyl (C=O) groups is 3. The standard InChI is InChI=1S/C23H26O6/c1-14(2)18-13-23(21(25)27-3,22(26)28-4)19-12-16(10-11-17(18)19)29-20(24)15-8-6-5-7-9-15/h5-11,13-14,16-17,19H,12H2,1-4H3/t16-,17+,19+/m0/s1. The Bertz CT molecular complexity index is 835. The summed E-state index contributed by atoms with van der Waals surface area (Å²) >= 11 is 0. The van der Waals surface area contributed by atoms with Crippen LogP contribution in [0, 0.1) is 23.2 Å². The average molecular weight is 398 g/mol. The molecule has 0 radical (unpaired) electrons. The normalized spacial score (nSPS) is 24.4. The van der Waals surface area contributed by atoms with Crippen LogP contribution >= 0.6 is 0 Å². The third-order valence-electron chi connectivity index (χ3n) is 5.80. The Morgan fingerprint density at radius 1 is 1.00 bits per heavy atom. The quantitative estimate of drug-likeness (QED) is 0.328. The fourth-order valence-corrected chi connectivity index (χ4v) is 4.39. The summed E-state index contributed by atoms with van der Waals surface area (Å²) in [7, 11) is 2.52. The van der Waals surface area contributed by atoms with Crippen LogP contribution in [0.15, 0.2) is 54.1 Å². The SMILES string of the molecule is COC(=O)C1(C(=O)OC)C=C(C(C)C)[C@H]2C=C[C@H](OC(=O)c3ccccc3)C[C@H]21. The molecule has 1 aromatic carbocycles. The maximum atomic E-state index is 12.8. The predicted molar refractivity (Wildman–Crippen MR) is 106 cm³/mol. The zero-order valence-electron chi connectivity index (χ0n) is 17.1. The Balaban J connectivity index is 1.94. The minimum Gasteiger partial charge on any atom is -0.468 e. The molecule has 0 fully saturated rings. The molecule has 0 aliphatic heterocycles. The molecular weight excluding hydrogens is 372 g/mol. The molecule has 0 heterocycles. The van der Waals surface area contributed by atoms with Crippen molar-refractivity contribution in [3.8, 4) is 0 Å². The van der Waals surface area contributed by atoms with Gasteiger partial charge in [0, 0.05) is 11.8 Å². The van der Waals surface area contributed by atoms with Gasteiger partial charge < -0.3 is 14.2 Å². The lowest BCUT2D eigenvalue weighted by Gasteiger charge is -2.36. The number of allylic oxidation sites excluding steroid dienone is 2. The first-order valence-electron chi connectivity index (χ1n) is 9.69. The lowest BCUT2D eigenvalue weighted by Crippen LogP contribution is -2.47. The molecule has 154 valence electrons. The van der Waals surface area contributed by atoms with Crippen LogP contribution in [0.5, 0.6) is 0 Å². The van der Waals surface area contributed by atoms with E-state index in [1.54, 1.807) is 30.3 Å². The van der Waals surface area contributed by atoms with E-state index >= 15 is 0 Å². The second-order valence-corrected chi connectivity index (χ2v) is 7.71. The maximum Gasteiger partial charge on any atom is 0.338 e. The van der Waals surface area contributed by atoms with E-state index in [-0.39, 0.29) is 11.8 Å². The van der Waals surface area contributed by atoms with Crippen LogP contribution in [-0.4, -0.2) is 38.2 Å². The first-order chi connectivity index (χ1) is 13.8. The van der Waals surface area contributed by atoms with Crippen molar-refractivity contribution in [2.24, 2.45) is 23.2 Å². The largest absolute Gasteiger partial charge is 0.468 e. The zero-order chi connectivity index (χ0) is 21.2. The molecule has 3 atom stereocenters. The van der Waals surface area contributed by atoms with Gasteiger partial charge in [-0.1, -0.05) is 49.8 Å². The second-order valence-electron chi connectivity index (χ2n) is 7.71. The Hall–Kier alpha value is -2.89. The number of methoxy groups -OCH3 is 2. The van der Waals surface area contributed by atoms with Crippen molar-refractivity contribution >= 4 is 17.9 Å². The molecule has 0 saturated carbocycles. The molecule has 2 aliphatic carbocycles. The molecule has 0 amide bonds. The van der Waals surface area contributed by atoms with E-state index in [1.165, 1.54) is 14.2 Å². The zero-order valence-corrected chi connectivity index (χ0v) is 17.1. The molecule has 29 heavy (non-hydrogen) atoms. The molecule has 3 rings (SSSR count). The van der Waals surface area contributed by atoms with Crippen LogP contribution in [0.25, 0.3) is 0 Å². The molecule has 6 nitrogen and oxygen atoms in total. The first-order valence-corrected chi connectivity index (χ1v) is 9.69. The van der Waals surface area contributed by atoms with Crippen LogP contribution in [0.2, 0.25) is 0 Å². The van der Waals surface area contributed by atoms with Crippen molar-refractivity contribution in [2.45, 2.75) is 26.4 Å². The van der Waals surface area contributed by atoms with Gasteiger partial charge in [0.05, 0.1) is 19.8 Å². The lowest BCUT2D eigenvalue weighted by molar-refractivity contribution is -0.169. The van der Waals surface area contributed by atoms with Gasteiger partial charge in [-0.25, -0.2) is 4.79 Å². The highest BCUT2D eigenvalue weighted by Crippen LogP contribution is 2.53. The predicted octanol–water partition coefficient (Wildman–Crippen LogP) is 3.33. The molecule has 0 aromatic heterocycles. The number of rotatable bonds is 5. The van der Waals surface area contributed by atoms with Crippen molar-refractivity contribution < 1.29 is 28.6 Å². The van der Waals surface area contributed by atoms with E-state index in [0.29, 0.717) is 12.0 Å². The molecule has 0 bridgehead atoms. The highest BCUT2D eigenvalue weighted by molar-refractivity contribution is 6.03.